The Morgan fingerprint density at radius 3 is 3.00 bits per heavy atom. The number of rotatable bonds is 3. The van der Waals surface area contributed by atoms with Gasteiger partial charge in [-0.1, -0.05) is 38.1 Å². The zero-order valence-corrected chi connectivity index (χ0v) is 10.5. The molecule has 2 rings (SSSR count). The number of carbonyl (C=O) groups is 1. The normalized spacial score (nSPS) is 19.3. The molecule has 92 valence electrons. The van der Waals surface area contributed by atoms with E-state index in [-0.39, 0.29) is 17.9 Å². The van der Waals surface area contributed by atoms with Crippen molar-refractivity contribution >= 4 is 5.91 Å². The van der Waals surface area contributed by atoms with Crippen LogP contribution < -0.4 is 0 Å². The van der Waals surface area contributed by atoms with Crippen LogP contribution in [-0.4, -0.2) is 28.6 Å². The summed E-state index contributed by atoms with van der Waals surface area (Å²) in [5, 5.41) is 3.86. The van der Waals surface area contributed by atoms with Crippen molar-refractivity contribution in [2.75, 3.05) is 6.54 Å². The molecule has 0 saturated heterocycles. The van der Waals surface area contributed by atoms with Crippen molar-refractivity contribution in [3.63, 3.8) is 0 Å². The molecule has 1 aliphatic rings. The molecule has 0 bridgehead atoms. The van der Waals surface area contributed by atoms with Gasteiger partial charge in [0.1, 0.15) is 5.76 Å². The van der Waals surface area contributed by atoms with E-state index < -0.39 is 0 Å². The fourth-order valence-corrected chi connectivity index (χ4v) is 1.97. The molecule has 4 nitrogen and oxygen atoms in total. The molecular weight excluding hydrogens is 216 g/mol. The van der Waals surface area contributed by atoms with E-state index in [4.69, 9.17) is 4.52 Å². The third-order valence-electron chi connectivity index (χ3n) is 3.06. The summed E-state index contributed by atoms with van der Waals surface area (Å²) in [5.41, 5.74) is 0.413. The van der Waals surface area contributed by atoms with Gasteiger partial charge in [-0.3, -0.25) is 4.79 Å². The lowest BCUT2D eigenvalue weighted by atomic mass is 10.1. The molecule has 0 N–H and O–H groups in total. The lowest BCUT2D eigenvalue weighted by Gasteiger charge is -2.22. The van der Waals surface area contributed by atoms with Gasteiger partial charge < -0.3 is 9.42 Å². The monoisotopic (exact) mass is 234 g/mol. The highest BCUT2D eigenvalue weighted by Gasteiger charge is 2.26. The van der Waals surface area contributed by atoms with Gasteiger partial charge in [-0.05, 0) is 6.42 Å². The molecule has 0 aromatic carbocycles. The molecule has 0 saturated carbocycles. The first kappa shape index (κ1) is 11.9. The average molecular weight is 234 g/mol. The summed E-state index contributed by atoms with van der Waals surface area (Å²) in [7, 11) is 0. The van der Waals surface area contributed by atoms with Gasteiger partial charge in [-0.25, -0.2) is 0 Å². The SMILES string of the molecule is CC[C@H]1C=CCN1C(=O)c1cc(C(C)C)on1. The summed E-state index contributed by atoms with van der Waals surface area (Å²) in [6.07, 6.45) is 5.02. The van der Waals surface area contributed by atoms with Gasteiger partial charge in [0.05, 0.1) is 6.04 Å². The molecule has 0 aliphatic carbocycles. The van der Waals surface area contributed by atoms with Gasteiger partial charge in [0.15, 0.2) is 5.69 Å². The first-order chi connectivity index (χ1) is 8.13. The Morgan fingerprint density at radius 2 is 2.41 bits per heavy atom. The lowest BCUT2D eigenvalue weighted by Crippen LogP contribution is -2.35. The largest absolute Gasteiger partial charge is 0.360 e. The van der Waals surface area contributed by atoms with Crippen molar-refractivity contribution in [3.05, 3.63) is 29.7 Å². The van der Waals surface area contributed by atoms with Crippen molar-refractivity contribution in [2.45, 2.75) is 39.2 Å². The van der Waals surface area contributed by atoms with Crippen molar-refractivity contribution in [1.29, 1.82) is 0 Å². The molecule has 1 aromatic heterocycles. The Kier molecular flexibility index (Phi) is 3.31. The fraction of sp³-hybridized carbons (Fsp3) is 0.538. The van der Waals surface area contributed by atoms with Crippen molar-refractivity contribution in [3.8, 4) is 0 Å². The van der Waals surface area contributed by atoms with Crippen molar-refractivity contribution < 1.29 is 9.32 Å². The highest BCUT2D eigenvalue weighted by atomic mass is 16.5. The molecule has 17 heavy (non-hydrogen) atoms. The predicted octanol–water partition coefficient (Wildman–Crippen LogP) is 2.59. The van der Waals surface area contributed by atoms with Crippen LogP contribution >= 0.6 is 0 Å². The van der Waals surface area contributed by atoms with Crippen molar-refractivity contribution in [1.82, 2.24) is 10.1 Å². The van der Waals surface area contributed by atoms with Crippen LogP contribution in [0.25, 0.3) is 0 Å². The van der Waals surface area contributed by atoms with E-state index in [0.717, 1.165) is 12.2 Å². The second-order valence-electron chi connectivity index (χ2n) is 4.63. The zero-order valence-electron chi connectivity index (χ0n) is 10.5. The van der Waals surface area contributed by atoms with E-state index >= 15 is 0 Å². The maximum absolute atomic E-state index is 12.2. The highest BCUT2D eigenvalue weighted by molar-refractivity contribution is 5.93. The maximum Gasteiger partial charge on any atom is 0.276 e. The summed E-state index contributed by atoms with van der Waals surface area (Å²) >= 11 is 0. The van der Waals surface area contributed by atoms with Crippen LogP contribution in [0.5, 0.6) is 0 Å². The molecule has 1 amide bonds. The van der Waals surface area contributed by atoms with Gasteiger partial charge in [-0.15, -0.1) is 0 Å². The zero-order chi connectivity index (χ0) is 12.4. The number of amides is 1. The van der Waals surface area contributed by atoms with Crippen LogP contribution in [0.15, 0.2) is 22.7 Å². The number of hydrogen-bond donors (Lipinski definition) is 0. The summed E-state index contributed by atoms with van der Waals surface area (Å²) in [6, 6.07) is 1.94. The summed E-state index contributed by atoms with van der Waals surface area (Å²) in [6.45, 7) is 6.77. The van der Waals surface area contributed by atoms with Gasteiger partial charge in [0.25, 0.3) is 5.91 Å². The molecule has 0 spiro atoms. The average Bonchev–Trinajstić information content (AvgIpc) is 2.96. The maximum atomic E-state index is 12.2. The molecule has 2 heterocycles. The first-order valence-corrected chi connectivity index (χ1v) is 6.07. The smallest absolute Gasteiger partial charge is 0.276 e. The molecule has 0 unspecified atom stereocenters. The Labute approximate surface area is 101 Å². The summed E-state index contributed by atoms with van der Waals surface area (Å²) in [4.78, 5) is 14.0. The molecule has 0 fully saturated rings. The number of aromatic nitrogens is 1. The highest BCUT2D eigenvalue weighted by Crippen LogP contribution is 2.19. The Morgan fingerprint density at radius 1 is 1.65 bits per heavy atom. The quantitative estimate of drug-likeness (QED) is 0.755. The summed E-state index contributed by atoms with van der Waals surface area (Å²) < 4.78 is 5.16. The van der Waals surface area contributed by atoms with E-state index in [1.807, 2.05) is 24.8 Å². The van der Waals surface area contributed by atoms with Gasteiger partial charge in [0.2, 0.25) is 0 Å². The van der Waals surface area contributed by atoms with Gasteiger partial charge in [-0.2, -0.15) is 0 Å². The summed E-state index contributed by atoms with van der Waals surface area (Å²) in [5.74, 6) is 0.966. The Hall–Kier alpha value is -1.58. The third-order valence-corrected chi connectivity index (χ3v) is 3.06. The van der Waals surface area contributed by atoms with Gasteiger partial charge >= 0.3 is 0 Å². The number of hydrogen-bond acceptors (Lipinski definition) is 3. The third kappa shape index (κ3) is 2.25. The van der Waals surface area contributed by atoms with Crippen LogP contribution in [0, 0.1) is 0 Å². The van der Waals surface area contributed by atoms with Crippen LogP contribution in [0.2, 0.25) is 0 Å². The number of nitrogens with zero attached hydrogens (tertiary/aromatic N) is 2. The predicted molar refractivity (Wildman–Crippen MR) is 64.8 cm³/mol. The van der Waals surface area contributed by atoms with Crippen LogP contribution in [-0.2, 0) is 0 Å². The topological polar surface area (TPSA) is 46.3 Å². The molecule has 1 atom stereocenters. The van der Waals surface area contributed by atoms with Crippen molar-refractivity contribution in [2.24, 2.45) is 0 Å². The van der Waals surface area contributed by atoms with E-state index in [9.17, 15) is 4.79 Å². The number of carbonyl (C=O) groups excluding carboxylic acids is 1. The molecule has 0 radical (unpaired) electrons. The molecule has 4 heteroatoms. The van der Waals surface area contributed by atoms with E-state index in [1.54, 1.807) is 6.07 Å². The fourth-order valence-electron chi connectivity index (χ4n) is 1.97. The Bertz CT molecular complexity index is 434. The molecule has 1 aromatic rings. The standard InChI is InChI=1S/C13H18N2O2/c1-4-10-6-5-7-15(10)13(16)11-8-12(9(2)3)17-14-11/h5-6,8-10H,4,7H2,1-3H3/t10-/m0/s1. The minimum absolute atomic E-state index is 0.0440. The van der Waals surface area contributed by atoms with Gasteiger partial charge in [0, 0.05) is 18.5 Å². The lowest BCUT2D eigenvalue weighted by molar-refractivity contribution is 0.0737. The minimum Gasteiger partial charge on any atom is -0.360 e. The second-order valence-corrected chi connectivity index (χ2v) is 4.63. The van der Waals surface area contributed by atoms with Crippen LogP contribution in [0.3, 0.4) is 0 Å². The van der Waals surface area contributed by atoms with E-state index in [2.05, 4.69) is 18.2 Å². The Balaban J connectivity index is 2.14. The second kappa shape index (κ2) is 4.73. The van der Waals surface area contributed by atoms with E-state index in [1.165, 1.54) is 0 Å². The van der Waals surface area contributed by atoms with Crippen LogP contribution in [0.1, 0.15) is 49.4 Å². The van der Waals surface area contributed by atoms with E-state index in [0.29, 0.717) is 12.2 Å². The minimum atomic E-state index is -0.0440. The molecule has 1 aliphatic heterocycles. The molecular formula is C13H18N2O2. The van der Waals surface area contributed by atoms with Crippen LogP contribution in [0.4, 0.5) is 0 Å². The first-order valence-electron chi connectivity index (χ1n) is 6.07.